The van der Waals surface area contributed by atoms with E-state index in [2.05, 4.69) is 0 Å². The Morgan fingerprint density at radius 2 is 1.14 bits per heavy atom. The van der Waals surface area contributed by atoms with Gasteiger partial charge in [-0.25, -0.2) is 0 Å². The van der Waals surface area contributed by atoms with Crippen LogP contribution in [0.2, 0.25) is 0 Å². The summed E-state index contributed by atoms with van der Waals surface area (Å²) in [6.07, 6.45) is -0.280. The highest BCUT2D eigenvalue weighted by atomic mass is 31.2. The minimum absolute atomic E-state index is 0.0477. The first kappa shape index (κ1) is 22.2. The molecule has 0 rings (SSSR count). The third kappa shape index (κ3) is 4.40. The van der Waals surface area contributed by atoms with E-state index < -0.39 is 26.9 Å². The number of rotatable bonds is 13. The van der Waals surface area contributed by atoms with E-state index in [-0.39, 0.29) is 32.8 Å². The molecular weight excluding hydrogens is 334 g/mol. The van der Waals surface area contributed by atoms with E-state index in [1.165, 1.54) is 7.11 Å². The lowest BCUT2D eigenvalue weighted by Gasteiger charge is -2.40. The maximum absolute atomic E-state index is 13.2. The van der Waals surface area contributed by atoms with Crippen LogP contribution in [0.1, 0.15) is 34.1 Å². The molecule has 0 unspecified atom stereocenters. The fourth-order valence-corrected chi connectivity index (χ4v) is 7.46. The van der Waals surface area contributed by atoms with Crippen molar-refractivity contribution in [2.75, 3.05) is 40.1 Å². The van der Waals surface area contributed by atoms with Gasteiger partial charge in [0.05, 0.1) is 26.4 Å². The molecule has 0 fully saturated rings. The first-order chi connectivity index (χ1) is 10.4. The van der Waals surface area contributed by atoms with Crippen molar-refractivity contribution in [1.82, 2.24) is 0 Å². The first-order valence-corrected chi connectivity index (χ1v) is 10.4. The fraction of sp³-hybridized carbons (Fsp3) is 1.00. The van der Waals surface area contributed by atoms with Gasteiger partial charge in [0.2, 0.25) is 0 Å². The van der Waals surface area contributed by atoms with Gasteiger partial charge >= 0.3 is 15.2 Å². The van der Waals surface area contributed by atoms with E-state index in [4.69, 9.17) is 22.8 Å². The van der Waals surface area contributed by atoms with Gasteiger partial charge in [-0.3, -0.25) is 9.13 Å². The van der Waals surface area contributed by atoms with Gasteiger partial charge in [0, 0.05) is 20.1 Å². The van der Waals surface area contributed by atoms with Crippen molar-refractivity contribution in [3.05, 3.63) is 0 Å². The third-order valence-corrected chi connectivity index (χ3v) is 9.20. The van der Waals surface area contributed by atoms with Crippen LogP contribution in [0.4, 0.5) is 0 Å². The zero-order valence-corrected chi connectivity index (χ0v) is 15.7. The first-order valence-electron chi connectivity index (χ1n) is 7.31. The van der Waals surface area contributed by atoms with Crippen LogP contribution >= 0.6 is 15.2 Å². The number of hydrogen-bond acceptors (Lipinski definition) is 8. The summed E-state index contributed by atoms with van der Waals surface area (Å²) in [5.41, 5.74) is 0. The maximum Gasteiger partial charge on any atom is 0.374 e. The lowest BCUT2D eigenvalue weighted by Crippen LogP contribution is -2.36. The number of methoxy groups -OCH3 is 1. The predicted octanol–water partition coefficient (Wildman–Crippen LogP) is 3.20. The van der Waals surface area contributed by atoms with Crippen molar-refractivity contribution < 1.29 is 37.1 Å². The van der Waals surface area contributed by atoms with Gasteiger partial charge in [0.1, 0.15) is 0 Å². The molecule has 22 heavy (non-hydrogen) atoms. The van der Waals surface area contributed by atoms with Crippen LogP contribution in [-0.2, 0) is 32.0 Å². The summed E-state index contributed by atoms with van der Waals surface area (Å²) in [6, 6.07) is 0. The molecule has 0 radical (unpaired) electrons. The Balaban J connectivity index is 6.20. The summed E-state index contributed by atoms with van der Waals surface area (Å²) in [6.45, 7) is 6.22. The predicted molar refractivity (Wildman–Crippen MR) is 83.2 cm³/mol. The number of aliphatic hydroxyl groups excluding tert-OH is 1. The third-order valence-electron chi connectivity index (χ3n) is 2.82. The van der Waals surface area contributed by atoms with Crippen LogP contribution in [0.15, 0.2) is 0 Å². The minimum Gasteiger partial charge on any atom is -0.396 e. The van der Waals surface area contributed by atoms with Crippen LogP contribution in [-0.4, -0.2) is 50.3 Å². The van der Waals surface area contributed by atoms with Crippen molar-refractivity contribution >= 4 is 15.2 Å². The molecule has 0 aliphatic rings. The fourth-order valence-electron chi connectivity index (χ4n) is 2.05. The highest BCUT2D eigenvalue weighted by Crippen LogP contribution is 2.79. The quantitative estimate of drug-likeness (QED) is 0.499. The van der Waals surface area contributed by atoms with Crippen molar-refractivity contribution in [2.24, 2.45) is 0 Å². The second kappa shape index (κ2) is 10.2. The molecule has 0 spiro atoms. The number of ether oxygens (including phenoxy) is 1. The molecule has 1 N–H and O–H groups in total. The normalized spacial score (nSPS) is 13.5. The number of aliphatic hydroxyl groups is 1. The van der Waals surface area contributed by atoms with Crippen LogP contribution in [0.3, 0.4) is 0 Å². The molecule has 0 bridgehead atoms. The largest absolute Gasteiger partial charge is 0.396 e. The number of hydrogen-bond donors (Lipinski definition) is 1. The van der Waals surface area contributed by atoms with Gasteiger partial charge in [0.25, 0.3) is 5.08 Å². The average molecular weight is 362 g/mol. The molecule has 134 valence electrons. The second-order valence-electron chi connectivity index (χ2n) is 4.09. The molecule has 8 nitrogen and oxygen atoms in total. The van der Waals surface area contributed by atoms with Crippen LogP contribution in [0, 0.1) is 0 Å². The smallest absolute Gasteiger partial charge is 0.374 e. The van der Waals surface area contributed by atoms with Crippen molar-refractivity contribution in [3.8, 4) is 0 Å². The van der Waals surface area contributed by atoms with Gasteiger partial charge in [-0.1, -0.05) is 0 Å². The Kier molecular flexibility index (Phi) is 10.3. The topological polar surface area (TPSA) is 101 Å². The SMILES string of the molecule is CCOP(=O)(OCC)C(CCO)(OC)P(=O)(OCC)OCC. The molecule has 10 heteroatoms. The molecule has 0 aromatic rings. The summed E-state index contributed by atoms with van der Waals surface area (Å²) in [4.78, 5) is 0. The van der Waals surface area contributed by atoms with Crippen LogP contribution < -0.4 is 0 Å². The molecule has 0 saturated heterocycles. The lowest BCUT2D eigenvalue weighted by molar-refractivity contribution is 0.0316. The Bertz CT molecular complexity index is 351. The summed E-state index contributed by atoms with van der Waals surface area (Å²) in [5.74, 6) is 0. The average Bonchev–Trinajstić information content (AvgIpc) is 2.45. The molecule has 0 amide bonds. The van der Waals surface area contributed by atoms with E-state index in [1.54, 1.807) is 27.7 Å². The summed E-state index contributed by atoms with van der Waals surface area (Å²) in [5, 5.41) is 7.37. The summed E-state index contributed by atoms with van der Waals surface area (Å²) < 4.78 is 52.9. The maximum atomic E-state index is 13.2. The molecule has 0 aliphatic heterocycles. The molecule has 0 aliphatic carbocycles. The standard InChI is InChI=1S/C12H28O8P2/c1-6-17-21(14,18-7-2)12(16-5,10-11-13)22(15,19-8-3)20-9-4/h13H,6-11H2,1-5H3. The van der Waals surface area contributed by atoms with E-state index in [1.807, 2.05) is 0 Å². The Morgan fingerprint density at radius 3 is 1.32 bits per heavy atom. The lowest BCUT2D eigenvalue weighted by atomic mass is 10.5. The van der Waals surface area contributed by atoms with Crippen LogP contribution in [0.25, 0.3) is 0 Å². The molecule has 0 saturated carbocycles. The Labute approximate surface area is 132 Å². The molecule has 0 aromatic carbocycles. The Hall–Kier alpha value is 0.220. The highest BCUT2D eigenvalue weighted by Gasteiger charge is 2.66. The monoisotopic (exact) mass is 362 g/mol. The van der Waals surface area contributed by atoms with Gasteiger partial charge in [-0.2, -0.15) is 0 Å². The van der Waals surface area contributed by atoms with Crippen LogP contribution in [0.5, 0.6) is 0 Å². The molecule has 0 heterocycles. The van der Waals surface area contributed by atoms with Crippen molar-refractivity contribution in [1.29, 1.82) is 0 Å². The minimum atomic E-state index is -4.05. The zero-order valence-electron chi connectivity index (χ0n) is 13.9. The zero-order chi connectivity index (χ0) is 17.3. The van der Waals surface area contributed by atoms with E-state index in [0.29, 0.717) is 0 Å². The van der Waals surface area contributed by atoms with Crippen molar-refractivity contribution in [3.63, 3.8) is 0 Å². The van der Waals surface area contributed by atoms with E-state index >= 15 is 0 Å². The van der Waals surface area contributed by atoms with Gasteiger partial charge < -0.3 is 27.9 Å². The molecule has 0 atom stereocenters. The van der Waals surface area contributed by atoms with Crippen molar-refractivity contribution in [2.45, 2.75) is 39.2 Å². The second-order valence-corrected chi connectivity index (χ2v) is 8.91. The molecular formula is C12H28O8P2. The van der Waals surface area contributed by atoms with Gasteiger partial charge in [-0.05, 0) is 27.7 Å². The van der Waals surface area contributed by atoms with Gasteiger partial charge in [-0.15, -0.1) is 0 Å². The highest BCUT2D eigenvalue weighted by molar-refractivity contribution is 7.74. The van der Waals surface area contributed by atoms with E-state index in [9.17, 15) is 14.2 Å². The summed E-state index contributed by atoms with van der Waals surface area (Å²) >= 11 is 0. The summed E-state index contributed by atoms with van der Waals surface area (Å²) in [7, 11) is -6.89. The van der Waals surface area contributed by atoms with E-state index in [0.717, 1.165) is 0 Å². The Morgan fingerprint density at radius 1 is 0.818 bits per heavy atom. The molecule has 0 aromatic heterocycles. The van der Waals surface area contributed by atoms with Gasteiger partial charge in [0.15, 0.2) is 0 Å².